The lowest BCUT2D eigenvalue weighted by molar-refractivity contribution is 0.368. The first kappa shape index (κ1) is 9.16. The highest BCUT2D eigenvalue weighted by Crippen LogP contribution is 2.21. The van der Waals surface area contributed by atoms with Crippen LogP contribution < -0.4 is 5.32 Å². The van der Waals surface area contributed by atoms with E-state index in [4.69, 9.17) is 0 Å². The van der Waals surface area contributed by atoms with Crippen LogP contribution in [0.4, 0.5) is 4.39 Å². The Balaban J connectivity index is 2.13. The lowest BCUT2D eigenvalue weighted by Crippen LogP contribution is -2.44. The first-order valence-corrected chi connectivity index (χ1v) is 5.22. The van der Waals surface area contributed by atoms with Crippen molar-refractivity contribution in [2.24, 2.45) is 0 Å². The molecule has 0 aromatic heterocycles. The van der Waals surface area contributed by atoms with Gasteiger partial charge < -0.3 is 5.32 Å². The first-order chi connectivity index (χ1) is 6.25. The molecule has 0 spiro atoms. The highest BCUT2D eigenvalue weighted by Gasteiger charge is 2.17. The molecule has 3 heteroatoms. The topological polar surface area (TPSA) is 12.0 Å². The Hall–Kier alpha value is -0.410. The van der Waals surface area contributed by atoms with Gasteiger partial charge in [0.1, 0.15) is 5.82 Å². The van der Waals surface area contributed by atoms with Crippen LogP contribution in [0.3, 0.4) is 0 Å². The normalized spacial score (nSPS) is 21.2. The predicted molar refractivity (Wildman–Crippen MR) is 54.2 cm³/mol. The van der Waals surface area contributed by atoms with Gasteiger partial charge in [-0.25, -0.2) is 4.39 Å². The van der Waals surface area contributed by atoms with Crippen LogP contribution >= 0.6 is 15.9 Å². The van der Waals surface area contributed by atoms with Gasteiger partial charge >= 0.3 is 0 Å². The van der Waals surface area contributed by atoms with Gasteiger partial charge in [-0.3, -0.25) is 0 Å². The maximum atomic E-state index is 12.9. The molecule has 2 rings (SSSR count). The SMILES string of the molecule is Fc1ccc(Br)c(CC2CCN2)c1. The van der Waals surface area contributed by atoms with Crippen molar-refractivity contribution in [3.63, 3.8) is 0 Å². The summed E-state index contributed by atoms with van der Waals surface area (Å²) in [7, 11) is 0. The standard InChI is InChI=1S/C10H11BrFN/c11-10-2-1-8(12)5-7(10)6-9-3-4-13-9/h1-2,5,9,13H,3-4,6H2. The van der Waals surface area contributed by atoms with Crippen LogP contribution in [-0.2, 0) is 6.42 Å². The van der Waals surface area contributed by atoms with Crippen LogP contribution in [0.15, 0.2) is 22.7 Å². The molecule has 70 valence electrons. The van der Waals surface area contributed by atoms with Gasteiger partial charge in [0.05, 0.1) is 0 Å². The van der Waals surface area contributed by atoms with Crippen molar-refractivity contribution < 1.29 is 4.39 Å². The van der Waals surface area contributed by atoms with Gasteiger partial charge in [0.25, 0.3) is 0 Å². The van der Waals surface area contributed by atoms with Gasteiger partial charge in [-0.05, 0) is 43.1 Å². The Morgan fingerprint density at radius 1 is 1.54 bits per heavy atom. The van der Waals surface area contributed by atoms with Crippen molar-refractivity contribution in [3.8, 4) is 0 Å². The molecular weight excluding hydrogens is 233 g/mol. The molecule has 0 amide bonds. The average Bonchev–Trinajstić information content (AvgIpc) is 2.03. The van der Waals surface area contributed by atoms with Crippen molar-refractivity contribution in [2.75, 3.05) is 6.54 Å². The Kier molecular flexibility index (Phi) is 2.65. The molecular formula is C10H11BrFN. The molecule has 1 unspecified atom stereocenters. The van der Waals surface area contributed by atoms with E-state index in [0.29, 0.717) is 6.04 Å². The molecule has 1 aliphatic heterocycles. The van der Waals surface area contributed by atoms with Gasteiger partial charge in [0.15, 0.2) is 0 Å². The summed E-state index contributed by atoms with van der Waals surface area (Å²) >= 11 is 3.42. The van der Waals surface area contributed by atoms with Gasteiger partial charge in [-0.2, -0.15) is 0 Å². The quantitative estimate of drug-likeness (QED) is 0.842. The van der Waals surface area contributed by atoms with Crippen molar-refractivity contribution in [1.82, 2.24) is 5.32 Å². The summed E-state index contributed by atoms with van der Waals surface area (Å²) in [6, 6.07) is 5.38. The second kappa shape index (κ2) is 3.76. The molecule has 1 heterocycles. The van der Waals surface area contributed by atoms with E-state index in [0.717, 1.165) is 23.0 Å². The molecule has 0 saturated carbocycles. The summed E-state index contributed by atoms with van der Waals surface area (Å²) in [5, 5.41) is 3.30. The number of benzene rings is 1. The molecule has 0 radical (unpaired) electrons. The van der Waals surface area contributed by atoms with E-state index in [1.54, 1.807) is 12.1 Å². The van der Waals surface area contributed by atoms with Crippen molar-refractivity contribution in [2.45, 2.75) is 18.9 Å². The summed E-state index contributed by atoms with van der Waals surface area (Å²) < 4.78 is 13.9. The van der Waals surface area contributed by atoms with Crippen LogP contribution in [0.2, 0.25) is 0 Å². The molecule has 0 bridgehead atoms. The van der Waals surface area contributed by atoms with Crippen LogP contribution in [-0.4, -0.2) is 12.6 Å². The largest absolute Gasteiger partial charge is 0.314 e. The van der Waals surface area contributed by atoms with E-state index in [1.165, 1.54) is 12.5 Å². The lowest BCUT2D eigenvalue weighted by atomic mass is 9.98. The molecule has 1 saturated heterocycles. The van der Waals surface area contributed by atoms with E-state index >= 15 is 0 Å². The molecule has 1 aromatic carbocycles. The number of halogens is 2. The van der Waals surface area contributed by atoms with Crippen molar-refractivity contribution in [3.05, 3.63) is 34.1 Å². The van der Waals surface area contributed by atoms with E-state index in [9.17, 15) is 4.39 Å². The highest BCUT2D eigenvalue weighted by molar-refractivity contribution is 9.10. The Labute approximate surface area is 85.5 Å². The molecule has 0 aliphatic carbocycles. The maximum Gasteiger partial charge on any atom is 0.123 e. The summed E-state index contributed by atoms with van der Waals surface area (Å²) in [6.07, 6.45) is 2.11. The number of rotatable bonds is 2. The molecule has 1 aliphatic rings. The van der Waals surface area contributed by atoms with Gasteiger partial charge in [0.2, 0.25) is 0 Å². The molecule has 1 atom stereocenters. The van der Waals surface area contributed by atoms with E-state index in [-0.39, 0.29) is 5.82 Å². The van der Waals surface area contributed by atoms with Crippen molar-refractivity contribution >= 4 is 15.9 Å². The third-order valence-corrected chi connectivity index (χ3v) is 3.17. The molecule has 1 aromatic rings. The van der Waals surface area contributed by atoms with Crippen LogP contribution in [0.25, 0.3) is 0 Å². The van der Waals surface area contributed by atoms with Crippen LogP contribution in [0, 0.1) is 5.82 Å². The van der Waals surface area contributed by atoms with Crippen molar-refractivity contribution in [1.29, 1.82) is 0 Å². The third kappa shape index (κ3) is 2.09. The Bertz CT molecular complexity index is 310. The van der Waals surface area contributed by atoms with Crippen LogP contribution in [0.1, 0.15) is 12.0 Å². The lowest BCUT2D eigenvalue weighted by Gasteiger charge is -2.27. The van der Waals surface area contributed by atoms with Gasteiger partial charge in [-0.1, -0.05) is 15.9 Å². The maximum absolute atomic E-state index is 12.9. The summed E-state index contributed by atoms with van der Waals surface area (Å²) in [5.41, 5.74) is 1.05. The van der Waals surface area contributed by atoms with E-state index < -0.39 is 0 Å². The fourth-order valence-electron chi connectivity index (χ4n) is 1.49. The number of nitrogens with one attached hydrogen (secondary N) is 1. The Morgan fingerprint density at radius 2 is 2.31 bits per heavy atom. The smallest absolute Gasteiger partial charge is 0.123 e. The summed E-state index contributed by atoms with van der Waals surface area (Å²) in [6.45, 7) is 1.09. The molecule has 1 nitrogen and oxygen atoms in total. The highest BCUT2D eigenvalue weighted by atomic mass is 79.9. The van der Waals surface area contributed by atoms with Gasteiger partial charge in [0, 0.05) is 10.5 Å². The summed E-state index contributed by atoms with van der Waals surface area (Å²) in [4.78, 5) is 0. The molecule has 1 N–H and O–H groups in total. The predicted octanol–water partition coefficient (Wildman–Crippen LogP) is 2.49. The Morgan fingerprint density at radius 3 is 2.92 bits per heavy atom. The average molecular weight is 244 g/mol. The zero-order valence-corrected chi connectivity index (χ0v) is 8.77. The minimum atomic E-state index is -0.155. The van der Waals surface area contributed by atoms with Gasteiger partial charge in [-0.15, -0.1) is 0 Å². The minimum Gasteiger partial charge on any atom is -0.314 e. The molecule has 1 fully saturated rings. The fraction of sp³-hybridized carbons (Fsp3) is 0.400. The zero-order valence-electron chi connectivity index (χ0n) is 7.19. The van der Waals surface area contributed by atoms with E-state index in [1.807, 2.05) is 0 Å². The zero-order chi connectivity index (χ0) is 9.26. The molecule has 13 heavy (non-hydrogen) atoms. The van der Waals surface area contributed by atoms with Crippen LogP contribution in [0.5, 0.6) is 0 Å². The number of hydrogen-bond donors (Lipinski definition) is 1. The van der Waals surface area contributed by atoms with E-state index in [2.05, 4.69) is 21.2 Å². The second-order valence-electron chi connectivity index (χ2n) is 3.38. The monoisotopic (exact) mass is 243 g/mol. The first-order valence-electron chi connectivity index (χ1n) is 4.43. The number of hydrogen-bond acceptors (Lipinski definition) is 1. The second-order valence-corrected chi connectivity index (χ2v) is 4.23. The minimum absolute atomic E-state index is 0.155. The fourth-order valence-corrected chi connectivity index (χ4v) is 1.90. The third-order valence-electron chi connectivity index (χ3n) is 2.40. The summed E-state index contributed by atoms with van der Waals surface area (Å²) in [5.74, 6) is -0.155.